The van der Waals surface area contributed by atoms with E-state index < -0.39 is 12.0 Å². The first-order valence-corrected chi connectivity index (χ1v) is 16.9. The van der Waals surface area contributed by atoms with Crippen molar-refractivity contribution in [1.29, 1.82) is 0 Å². The van der Waals surface area contributed by atoms with Gasteiger partial charge in [0.1, 0.15) is 12.6 Å². The van der Waals surface area contributed by atoms with Crippen LogP contribution in [0.25, 0.3) is 0 Å². The number of fused-ring (bicyclic) bond motifs is 1. The zero-order valence-corrected chi connectivity index (χ0v) is 28.8. The van der Waals surface area contributed by atoms with Gasteiger partial charge in [0, 0.05) is 16.5 Å². The van der Waals surface area contributed by atoms with Crippen LogP contribution in [0.4, 0.5) is 5.95 Å². The summed E-state index contributed by atoms with van der Waals surface area (Å²) in [5.41, 5.74) is 5.32. The molecule has 0 radical (unpaired) electrons. The van der Waals surface area contributed by atoms with E-state index in [0.29, 0.717) is 70.9 Å². The van der Waals surface area contributed by atoms with Crippen LogP contribution in [0.15, 0.2) is 83.2 Å². The van der Waals surface area contributed by atoms with Gasteiger partial charge in [-0.25, -0.2) is 9.48 Å². The predicted molar refractivity (Wildman–Crippen MR) is 184 cm³/mol. The Hall–Kier alpha value is -3.95. The number of esters is 1. The molecule has 0 bridgehead atoms. The molecule has 1 aromatic heterocycles. The van der Waals surface area contributed by atoms with E-state index in [9.17, 15) is 4.79 Å². The number of allylic oxidation sites excluding steroid dienone is 1. The molecule has 10 heteroatoms. The van der Waals surface area contributed by atoms with Crippen molar-refractivity contribution >= 4 is 35.3 Å². The average molecular weight is 661 g/mol. The minimum absolute atomic E-state index is 0.0830. The summed E-state index contributed by atoms with van der Waals surface area (Å²) in [5, 5.41) is 9.38. The zero-order valence-electron chi connectivity index (χ0n) is 27.2. The van der Waals surface area contributed by atoms with Crippen molar-refractivity contribution in [1.82, 2.24) is 14.8 Å². The molecule has 1 N–H and O–H groups in total. The first-order valence-electron chi connectivity index (χ1n) is 15.6. The SMILES string of the molecule is CCCOC(=O)C1=C(C)Nc2nc(SCc3ccccc3Cl)nn2C1c1ccc(OCc2ccc(C(C)(C)C)cc2)c(OCC)c1. The van der Waals surface area contributed by atoms with Gasteiger partial charge in [-0.3, -0.25) is 0 Å². The fourth-order valence-electron chi connectivity index (χ4n) is 5.14. The highest BCUT2D eigenvalue weighted by molar-refractivity contribution is 7.98. The van der Waals surface area contributed by atoms with E-state index in [-0.39, 0.29) is 5.41 Å². The molecule has 46 heavy (non-hydrogen) atoms. The van der Waals surface area contributed by atoms with Crippen LogP contribution < -0.4 is 14.8 Å². The molecule has 0 aliphatic carbocycles. The van der Waals surface area contributed by atoms with Crippen molar-refractivity contribution in [2.45, 2.75) is 76.9 Å². The van der Waals surface area contributed by atoms with Gasteiger partial charge in [-0.2, -0.15) is 4.98 Å². The molecule has 0 fully saturated rings. The molecule has 5 rings (SSSR count). The second-order valence-corrected chi connectivity index (χ2v) is 13.5. The largest absolute Gasteiger partial charge is 0.490 e. The number of carbonyl (C=O) groups is 1. The summed E-state index contributed by atoms with van der Waals surface area (Å²) < 4.78 is 19.7. The Labute approximate surface area is 280 Å². The Balaban J connectivity index is 1.46. The van der Waals surface area contributed by atoms with Gasteiger partial charge in [-0.05, 0) is 66.1 Å². The topological polar surface area (TPSA) is 87.5 Å². The van der Waals surface area contributed by atoms with Crippen molar-refractivity contribution in [3.05, 3.63) is 105 Å². The van der Waals surface area contributed by atoms with E-state index in [4.69, 9.17) is 35.9 Å². The van der Waals surface area contributed by atoms with Crippen LogP contribution in [0, 0.1) is 0 Å². The molecule has 1 aliphatic heterocycles. The predicted octanol–water partition coefficient (Wildman–Crippen LogP) is 8.74. The first kappa shape index (κ1) is 33.4. The highest BCUT2D eigenvalue weighted by atomic mass is 35.5. The lowest BCUT2D eigenvalue weighted by molar-refractivity contribution is -0.139. The molecule has 0 saturated heterocycles. The van der Waals surface area contributed by atoms with Crippen molar-refractivity contribution in [3.63, 3.8) is 0 Å². The number of nitrogens with zero attached hydrogens (tertiary/aromatic N) is 3. The van der Waals surface area contributed by atoms with Gasteiger partial charge < -0.3 is 19.5 Å². The third-order valence-electron chi connectivity index (χ3n) is 7.60. The summed E-state index contributed by atoms with van der Waals surface area (Å²) in [4.78, 5) is 18.2. The van der Waals surface area contributed by atoms with Crippen LogP contribution in [-0.4, -0.2) is 33.9 Å². The number of hydrogen-bond donors (Lipinski definition) is 1. The van der Waals surface area contributed by atoms with Gasteiger partial charge in [0.2, 0.25) is 11.1 Å². The fourth-order valence-corrected chi connectivity index (χ4v) is 6.25. The molecule has 1 atom stereocenters. The number of hydrogen-bond acceptors (Lipinski definition) is 8. The minimum Gasteiger partial charge on any atom is -0.490 e. The maximum absolute atomic E-state index is 13.5. The molecule has 242 valence electrons. The van der Waals surface area contributed by atoms with Gasteiger partial charge in [-0.1, -0.05) is 99.6 Å². The van der Waals surface area contributed by atoms with E-state index in [1.54, 1.807) is 4.68 Å². The van der Waals surface area contributed by atoms with Gasteiger partial charge >= 0.3 is 5.97 Å². The van der Waals surface area contributed by atoms with Crippen LogP contribution in [-0.2, 0) is 27.3 Å². The number of aromatic nitrogens is 3. The molecular weight excluding hydrogens is 620 g/mol. The fraction of sp³-hybridized carbons (Fsp3) is 0.361. The number of thioether (sulfide) groups is 1. The van der Waals surface area contributed by atoms with Crippen LogP contribution in [0.3, 0.4) is 0 Å². The highest BCUT2D eigenvalue weighted by Crippen LogP contribution is 2.40. The molecule has 4 aromatic rings. The molecule has 3 aromatic carbocycles. The van der Waals surface area contributed by atoms with Crippen molar-refractivity contribution in [2.75, 3.05) is 18.5 Å². The number of benzene rings is 3. The number of halogens is 1. The lowest BCUT2D eigenvalue weighted by Crippen LogP contribution is -2.29. The molecule has 1 unspecified atom stereocenters. The highest BCUT2D eigenvalue weighted by Gasteiger charge is 2.36. The Morgan fingerprint density at radius 1 is 1.02 bits per heavy atom. The van der Waals surface area contributed by atoms with Gasteiger partial charge in [0.15, 0.2) is 11.5 Å². The number of rotatable bonds is 12. The van der Waals surface area contributed by atoms with Crippen molar-refractivity contribution in [3.8, 4) is 11.5 Å². The first-order chi connectivity index (χ1) is 22.1. The summed E-state index contributed by atoms with van der Waals surface area (Å²) in [6.07, 6.45) is 0.715. The molecular formula is C36H41ClN4O4S. The second-order valence-electron chi connectivity index (χ2n) is 12.1. The lowest BCUT2D eigenvalue weighted by atomic mass is 9.87. The Kier molecular flexibility index (Phi) is 10.6. The third kappa shape index (κ3) is 7.70. The molecule has 2 heterocycles. The summed E-state index contributed by atoms with van der Waals surface area (Å²) in [6.45, 7) is 13.5. The monoisotopic (exact) mass is 660 g/mol. The Morgan fingerprint density at radius 3 is 2.48 bits per heavy atom. The standard InChI is InChI=1S/C36H41ClN4O4S/c1-7-19-44-33(42)31-23(3)38-34-39-35(46-22-26-11-9-10-12-28(26)37)40-41(34)32(31)25-15-18-29(30(20-25)43-8-2)45-21-24-13-16-27(17-14-24)36(4,5)6/h9-18,20,32H,7-8,19,21-22H2,1-6H3,(H,38,39,40). The average Bonchev–Trinajstić information content (AvgIpc) is 3.44. The van der Waals surface area contributed by atoms with E-state index in [0.717, 1.165) is 16.7 Å². The van der Waals surface area contributed by atoms with E-state index in [1.807, 2.05) is 63.2 Å². The summed E-state index contributed by atoms with van der Waals surface area (Å²) in [6, 6.07) is 21.4. The smallest absolute Gasteiger partial charge is 0.338 e. The van der Waals surface area contributed by atoms with E-state index in [2.05, 4.69) is 50.4 Å². The van der Waals surface area contributed by atoms with Gasteiger partial charge in [0.05, 0.1) is 18.8 Å². The Morgan fingerprint density at radius 2 is 1.78 bits per heavy atom. The summed E-state index contributed by atoms with van der Waals surface area (Å²) in [5.74, 6) is 1.93. The van der Waals surface area contributed by atoms with E-state index in [1.165, 1.54) is 17.3 Å². The lowest BCUT2D eigenvalue weighted by Gasteiger charge is -2.28. The second kappa shape index (κ2) is 14.6. The van der Waals surface area contributed by atoms with Crippen LogP contribution >= 0.6 is 23.4 Å². The molecule has 0 amide bonds. The van der Waals surface area contributed by atoms with Crippen molar-refractivity contribution in [2.24, 2.45) is 0 Å². The van der Waals surface area contributed by atoms with Crippen molar-refractivity contribution < 1.29 is 19.0 Å². The summed E-state index contributed by atoms with van der Waals surface area (Å²) in [7, 11) is 0. The maximum atomic E-state index is 13.5. The number of anilines is 1. The normalized spacial score (nSPS) is 14.5. The molecule has 0 spiro atoms. The number of carbonyl (C=O) groups excluding carboxylic acids is 1. The van der Waals surface area contributed by atoms with Gasteiger partial charge in [-0.15, -0.1) is 5.10 Å². The molecule has 0 saturated carbocycles. The van der Waals surface area contributed by atoms with Crippen LogP contribution in [0.2, 0.25) is 5.02 Å². The quantitative estimate of drug-likeness (QED) is 0.119. The molecule has 8 nitrogen and oxygen atoms in total. The van der Waals surface area contributed by atoms with E-state index >= 15 is 0 Å². The number of nitrogens with one attached hydrogen (secondary N) is 1. The number of ether oxygens (including phenoxy) is 3. The van der Waals surface area contributed by atoms with Gasteiger partial charge in [0.25, 0.3) is 0 Å². The zero-order chi connectivity index (χ0) is 32.8. The van der Waals surface area contributed by atoms with Crippen LogP contribution in [0.1, 0.15) is 76.3 Å². The van der Waals surface area contributed by atoms with Crippen LogP contribution in [0.5, 0.6) is 11.5 Å². The third-order valence-corrected chi connectivity index (χ3v) is 8.86. The molecule has 1 aliphatic rings. The maximum Gasteiger partial charge on any atom is 0.338 e. The minimum atomic E-state index is -0.596. The Bertz CT molecular complexity index is 1710. The summed E-state index contributed by atoms with van der Waals surface area (Å²) >= 11 is 7.87.